The van der Waals surface area contributed by atoms with Crippen molar-refractivity contribution in [3.63, 3.8) is 0 Å². The van der Waals surface area contributed by atoms with Crippen LogP contribution in [0.2, 0.25) is 0 Å². The molecule has 0 aromatic heterocycles. The van der Waals surface area contributed by atoms with Gasteiger partial charge in [-0.15, -0.1) is 0 Å². The molecule has 1 rings (SSSR count). The van der Waals surface area contributed by atoms with Gasteiger partial charge in [0.05, 0.1) is 0 Å². The van der Waals surface area contributed by atoms with E-state index in [4.69, 9.17) is 61.2 Å². The quantitative estimate of drug-likeness (QED) is 0.288. The zero-order chi connectivity index (χ0) is 17.3. The van der Waals surface area contributed by atoms with E-state index in [-0.39, 0.29) is 0 Å². The van der Waals surface area contributed by atoms with Gasteiger partial charge in [0.25, 0.3) is 3.79 Å². The minimum Gasteiger partial charge on any atom is -0.453 e. The predicted molar refractivity (Wildman–Crippen MR) is 75.3 cm³/mol. The summed E-state index contributed by atoms with van der Waals surface area (Å²) in [5, 5.41) is 7.37. The van der Waals surface area contributed by atoms with Crippen LogP contribution in [0.4, 0.5) is 8.78 Å². The van der Waals surface area contributed by atoms with Gasteiger partial charge >= 0.3 is 11.9 Å². The molecular weight excluding hydrogens is 370 g/mol. The van der Waals surface area contributed by atoms with Gasteiger partial charge in [-0.25, -0.2) is 8.78 Å². The molecule has 4 atom stereocenters. The van der Waals surface area contributed by atoms with Crippen LogP contribution in [0.15, 0.2) is 0 Å². The zero-order valence-corrected chi connectivity index (χ0v) is 13.5. The highest BCUT2D eigenvalue weighted by atomic mass is 35.6. The van der Waals surface area contributed by atoms with Crippen molar-refractivity contribution < 1.29 is 27.8 Å². The van der Waals surface area contributed by atoms with E-state index >= 15 is 0 Å². The third-order valence-electron chi connectivity index (χ3n) is 2.78. The van der Waals surface area contributed by atoms with Crippen LogP contribution in [0, 0.1) is 5.41 Å². The van der Waals surface area contributed by atoms with Gasteiger partial charge in [-0.05, 0) is 0 Å². The van der Waals surface area contributed by atoms with Crippen molar-refractivity contribution in [2.45, 2.75) is 41.2 Å². The fourth-order valence-electron chi connectivity index (χ4n) is 1.74. The molecule has 22 heavy (non-hydrogen) atoms. The number of nitrogens with one attached hydrogen (secondary N) is 1. The van der Waals surface area contributed by atoms with Crippen LogP contribution in [-0.4, -0.2) is 52.7 Å². The summed E-state index contributed by atoms with van der Waals surface area (Å²) in [5.41, 5.74) is 10.7. The van der Waals surface area contributed by atoms with Crippen LogP contribution >= 0.6 is 34.8 Å². The molecule has 1 heterocycles. The molecule has 1 saturated heterocycles. The number of nitrogens with two attached hydrogens (primary N) is 2. The van der Waals surface area contributed by atoms with Crippen molar-refractivity contribution in [3.8, 4) is 0 Å². The Labute approximate surface area is 139 Å². The summed E-state index contributed by atoms with van der Waals surface area (Å²) in [6.45, 7) is 0.539. The molecule has 12 heteroatoms. The summed E-state index contributed by atoms with van der Waals surface area (Å²) in [6, 6.07) is -2.08. The van der Waals surface area contributed by atoms with Crippen LogP contribution in [0.1, 0.15) is 6.92 Å². The Morgan fingerprint density at radius 1 is 1.41 bits per heavy atom. The number of rotatable bonds is 3. The first kappa shape index (κ1) is 19.6. The molecule has 0 radical (unpaired) electrons. The molecule has 0 bridgehead atoms. The smallest absolute Gasteiger partial charge is 0.307 e. The van der Waals surface area contributed by atoms with Crippen LogP contribution in [0.3, 0.4) is 0 Å². The minimum absolute atomic E-state index is 0.415. The molecule has 0 aromatic rings. The summed E-state index contributed by atoms with van der Waals surface area (Å²) in [6.07, 6.45) is -5.21. The average Bonchev–Trinajstić information content (AvgIpc) is 2.37. The summed E-state index contributed by atoms with van der Waals surface area (Å²) < 4.78 is 40.7. The van der Waals surface area contributed by atoms with Crippen LogP contribution in [-0.2, 0) is 19.0 Å². The number of esters is 1. The lowest BCUT2D eigenvalue weighted by atomic mass is 9.96. The standard InChI is InChI=1S/C10H14Cl3F2N3O4/c1-3(19)20-6-4(2-16)21-7(5(17)9(6,14)15)22-8(18)10(11,12)13/h4-7,18H,2,16-17H2,1H3/t4-,5+,6-,7+/m1/s1. The first-order valence-corrected chi connectivity index (χ1v) is 7.03. The number of alkyl halides is 5. The summed E-state index contributed by atoms with van der Waals surface area (Å²) >= 11 is 16.2. The van der Waals surface area contributed by atoms with Gasteiger partial charge < -0.3 is 25.7 Å². The van der Waals surface area contributed by atoms with E-state index in [1.165, 1.54) is 0 Å². The van der Waals surface area contributed by atoms with E-state index in [1.54, 1.807) is 0 Å². The SMILES string of the molecule is CC(=O)O[C@@H]1[C@@H](CN)O[C@@H](OC(=N)C(Cl)(Cl)Cl)[C@H](N)C1(F)F. The van der Waals surface area contributed by atoms with Crippen molar-refractivity contribution in [2.24, 2.45) is 11.5 Å². The summed E-state index contributed by atoms with van der Waals surface area (Å²) in [5.74, 6) is -5.63. The van der Waals surface area contributed by atoms with Crippen molar-refractivity contribution in [3.05, 3.63) is 0 Å². The summed E-state index contributed by atoms with van der Waals surface area (Å²) in [7, 11) is 0. The Kier molecular flexibility index (Phi) is 6.22. The molecule has 0 unspecified atom stereocenters. The average molecular weight is 385 g/mol. The number of hydrogen-bond donors (Lipinski definition) is 3. The molecule has 1 aliphatic heterocycles. The van der Waals surface area contributed by atoms with E-state index in [2.05, 4.69) is 4.74 Å². The van der Waals surface area contributed by atoms with E-state index in [1.807, 2.05) is 0 Å². The highest BCUT2D eigenvalue weighted by molar-refractivity contribution is 6.76. The van der Waals surface area contributed by atoms with Crippen molar-refractivity contribution >= 4 is 46.7 Å². The summed E-state index contributed by atoms with van der Waals surface area (Å²) in [4.78, 5) is 10.9. The molecule has 0 aromatic carbocycles. The lowest BCUT2D eigenvalue weighted by Gasteiger charge is -2.44. The van der Waals surface area contributed by atoms with Crippen LogP contribution < -0.4 is 11.5 Å². The molecule has 0 saturated carbocycles. The predicted octanol–water partition coefficient (Wildman–Crippen LogP) is 0.928. The largest absolute Gasteiger partial charge is 0.453 e. The number of carbonyl (C=O) groups excluding carboxylic acids is 1. The van der Waals surface area contributed by atoms with E-state index in [0.29, 0.717) is 0 Å². The van der Waals surface area contributed by atoms with Gasteiger partial charge in [0.2, 0.25) is 12.2 Å². The maximum atomic E-state index is 14.3. The Hall–Kier alpha value is -0.450. The van der Waals surface area contributed by atoms with E-state index in [9.17, 15) is 13.6 Å². The zero-order valence-electron chi connectivity index (χ0n) is 11.2. The molecule has 5 N–H and O–H groups in total. The van der Waals surface area contributed by atoms with Gasteiger partial charge in [-0.1, -0.05) is 34.8 Å². The third-order valence-corrected chi connectivity index (χ3v) is 3.30. The Bertz CT molecular complexity index is 450. The Balaban J connectivity index is 2.98. The normalized spacial score (nSPS) is 31.5. The highest BCUT2D eigenvalue weighted by Gasteiger charge is 2.60. The number of ether oxygens (including phenoxy) is 3. The fourth-order valence-corrected chi connectivity index (χ4v) is 1.88. The Morgan fingerprint density at radius 2 is 1.95 bits per heavy atom. The lowest BCUT2D eigenvalue weighted by Crippen LogP contribution is -2.68. The van der Waals surface area contributed by atoms with Gasteiger partial charge in [0.1, 0.15) is 12.1 Å². The molecule has 0 spiro atoms. The molecule has 7 nitrogen and oxygen atoms in total. The number of halogens is 5. The fraction of sp³-hybridized carbons (Fsp3) is 0.800. The topological polar surface area (TPSA) is 121 Å². The monoisotopic (exact) mass is 383 g/mol. The highest BCUT2D eigenvalue weighted by Crippen LogP contribution is 2.37. The van der Waals surface area contributed by atoms with Gasteiger partial charge in [-0.2, -0.15) is 0 Å². The van der Waals surface area contributed by atoms with Crippen molar-refractivity contribution in [1.82, 2.24) is 0 Å². The van der Waals surface area contributed by atoms with E-state index in [0.717, 1.165) is 6.92 Å². The Morgan fingerprint density at radius 3 is 2.36 bits per heavy atom. The number of carbonyl (C=O) groups is 1. The number of hydrogen-bond acceptors (Lipinski definition) is 7. The maximum absolute atomic E-state index is 14.3. The molecule has 0 aliphatic carbocycles. The van der Waals surface area contributed by atoms with Crippen LogP contribution in [0.5, 0.6) is 0 Å². The lowest BCUT2D eigenvalue weighted by molar-refractivity contribution is -0.289. The molecule has 0 amide bonds. The van der Waals surface area contributed by atoms with Gasteiger partial charge in [-0.3, -0.25) is 10.2 Å². The second-order valence-electron chi connectivity index (χ2n) is 4.45. The van der Waals surface area contributed by atoms with Gasteiger partial charge in [0, 0.05) is 13.5 Å². The molecule has 128 valence electrons. The third kappa shape index (κ3) is 4.30. The second kappa shape index (κ2) is 6.98. The first-order valence-electron chi connectivity index (χ1n) is 5.89. The van der Waals surface area contributed by atoms with E-state index < -0.39 is 52.7 Å². The minimum atomic E-state index is -3.73. The van der Waals surface area contributed by atoms with Crippen LogP contribution in [0.25, 0.3) is 0 Å². The molecular formula is C10H14Cl3F2N3O4. The van der Waals surface area contributed by atoms with Gasteiger partial charge in [0.15, 0.2) is 6.10 Å². The maximum Gasteiger partial charge on any atom is 0.307 e. The molecule has 1 aliphatic rings. The van der Waals surface area contributed by atoms with Crippen molar-refractivity contribution in [1.29, 1.82) is 5.41 Å². The molecule has 1 fully saturated rings. The first-order chi connectivity index (χ1) is 9.91. The second-order valence-corrected chi connectivity index (χ2v) is 6.73. The van der Waals surface area contributed by atoms with Crippen molar-refractivity contribution in [2.75, 3.05) is 6.54 Å².